The number of likely N-dealkylation sites (N-methyl/N-ethyl adjacent to an activating group) is 2. The van der Waals surface area contributed by atoms with E-state index in [1.165, 1.54) is 0 Å². The van der Waals surface area contributed by atoms with Gasteiger partial charge in [-0.2, -0.15) is 0 Å². The fraction of sp³-hybridized carbons (Fsp3) is 0.769. The normalized spacial score (nSPS) is 17.1. The Morgan fingerprint density at radius 2 is 2.12 bits per heavy atom. The number of aryl methyl sites for hydroxylation is 1. The molecule has 0 saturated carbocycles. The van der Waals surface area contributed by atoms with Gasteiger partial charge in [0.05, 0.1) is 6.04 Å². The lowest BCUT2D eigenvalue weighted by molar-refractivity contribution is 0.111. The average molecular weight is 238 g/mol. The first-order valence-electron chi connectivity index (χ1n) is 6.36. The Morgan fingerprint density at radius 3 is 2.53 bits per heavy atom. The Hall–Kier alpha value is -0.870. The minimum Gasteiger partial charge on any atom is -0.334 e. The highest BCUT2D eigenvalue weighted by molar-refractivity contribution is 5.08. The molecule has 1 rings (SSSR count). The highest BCUT2D eigenvalue weighted by Gasteiger charge is 2.37. The maximum atomic E-state index is 4.53. The van der Waals surface area contributed by atoms with Crippen LogP contribution in [-0.4, -0.2) is 41.1 Å². The SMILES string of the molecule is CCn1ccnc1C(NC)C(C)(CC)N(C)C. The fourth-order valence-electron chi connectivity index (χ4n) is 2.35. The Balaban J connectivity index is 3.14. The molecular weight excluding hydrogens is 212 g/mol. The van der Waals surface area contributed by atoms with E-state index in [-0.39, 0.29) is 11.6 Å². The quantitative estimate of drug-likeness (QED) is 0.821. The van der Waals surface area contributed by atoms with Crippen molar-refractivity contribution in [3.8, 4) is 0 Å². The van der Waals surface area contributed by atoms with Gasteiger partial charge < -0.3 is 14.8 Å². The Labute approximate surface area is 105 Å². The van der Waals surface area contributed by atoms with Crippen molar-refractivity contribution in [1.29, 1.82) is 0 Å². The molecule has 0 amide bonds. The summed E-state index contributed by atoms with van der Waals surface area (Å²) < 4.78 is 2.21. The molecule has 1 heterocycles. The van der Waals surface area contributed by atoms with Crippen molar-refractivity contribution in [1.82, 2.24) is 19.8 Å². The van der Waals surface area contributed by atoms with Crippen LogP contribution in [0, 0.1) is 0 Å². The molecule has 17 heavy (non-hydrogen) atoms. The second-order valence-corrected chi connectivity index (χ2v) is 4.90. The van der Waals surface area contributed by atoms with Gasteiger partial charge in [0.1, 0.15) is 5.82 Å². The molecule has 2 atom stereocenters. The molecule has 0 aliphatic rings. The molecule has 2 unspecified atom stereocenters. The lowest BCUT2D eigenvalue weighted by Crippen LogP contribution is -2.51. The molecule has 0 aliphatic heterocycles. The summed E-state index contributed by atoms with van der Waals surface area (Å²) in [5.41, 5.74) is 0.0625. The standard InChI is InChI=1S/C13H26N4/c1-7-13(3,16(5)6)11(14-4)12-15-9-10-17(12)8-2/h9-11,14H,7-8H2,1-6H3. The first kappa shape index (κ1) is 14.2. The van der Waals surface area contributed by atoms with Crippen LogP contribution in [0.2, 0.25) is 0 Å². The molecular formula is C13H26N4. The van der Waals surface area contributed by atoms with Crippen LogP contribution in [0.25, 0.3) is 0 Å². The van der Waals surface area contributed by atoms with Crippen molar-refractivity contribution in [2.75, 3.05) is 21.1 Å². The summed E-state index contributed by atoms with van der Waals surface area (Å²) in [6.45, 7) is 7.62. The van der Waals surface area contributed by atoms with Gasteiger partial charge in [-0.1, -0.05) is 6.92 Å². The Morgan fingerprint density at radius 1 is 1.47 bits per heavy atom. The summed E-state index contributed by atoms with van der Waals surface area (Å²) in [5.74, 6) is 1.12. The fourth-order valence-corrected chi connectivity index (χ4v) is 2.35. The van der Waals surface area contributed by atoms with E-state index >= 15 is 0 Å². The van der Waals surface area contributed by atoms with Gasteiger partial charge in [-0.3, -0.25) is 0 Å². The summed E-state index contributed by atoms with van der Waals surface area (Å²) in [4.78, 5) is 6.81. The number of hydrogen-bond donors (Lipinski definition) is 1. The van der Waals surface area contributed by atoms with Crippen molar-refractivity contribution in [2.45, 2.75) is 45.3 Å². The predicted molar refractivity (Wildman–Crippen MR) is 72.1 cm³/mol. The van der Waals surface area contributed by atoms with Gasteiger partial charge in [-0.05, 0) is 41.4 Å². The van der Waals surface area contributed by atoms with E-state index in [1.807, 2.05) is 19.4 Å². The van der Waals surface area contributed by atoms with Crippen LogP contribution in [0.15, 0.2) is 12.4 Å². The van der Waals surface area contributed by atoms with E-state index < -0.39 is 0 Å². The van der Waals surface area contributed by atoms with Gasteiger partial charge >= 0.3 is 0 Å². The van der Waals surface area contributed by atoms with Crippen molar-refractivity contribution < 1.29 is 0 Å². The lowest BCUT2D eigenvalue weighted by Gasteiger charge is -2.42. The zero-order valence-electron chi connectivity index (χ0n) is 12.0. The van der Waals surface area contributed by atoms with Crippen LogP contribution >= 0.6 is 0 Å². The summed E-state index contributed by atoms with van der Waals surface area (Å²) in [6.07, 6.45) is 5.00. The second-order valence-electron chi connectivity index (χ2n) is 4.90. The van der Waals surface area contributed by atoms with Crippen molar-refractivity contribution in [3.63, 3.8) is 0 Å². The van der Waals surface area contributed by atoms with E-state index in [0.717, 1.165) is 18.8 Å². The first-order valence-corrected chi connectivity index (χ1v) is 6.36. The molecule has 0 radical (unpaired) electrons. The smallest absolute Gasteiger partial charge is 0.127 e. The van der Waals surface area contributed by atoms with Gasteiger partial charge in [0.25, 0.3) is 0 Å². The third kappa shape index (κ3) is 2.53. The zero-order chi connectivity index (χ0) is 13.1. The number of nitrogens with zero attached hydrogens (tertiary/aromatic N) is 3. The number of rotatable bonds is 6. The second kappa shape index (κ2) is 5.65. The average Bonchev–Trinajstić information content (AvgIpc) is 2.77. The van der Waals surface area contributed by atoms with Crippen molar-refractivity contribution >= 4 is 0 Å². The van der Waals surface area contributed by atoms with Crippen LogP contribution in [-0.2, 0) is 6.54 Å². The predicted octanol–water partition coefficient (Wildman–Crippen LogP) is 1.89. The first-order chi connectivity index (χ1) is 8.01. The van der Waals surface area contributed by atoms with E-state index in [9.17, 15) is 0 Å². The summed E-state index contributed by atoms with van der Waals surface area (Å²) >= 11 is 0. The molecule has 98 valence electrons. The molecule has 0 spiro atoms. The lowest BCUT2D eigenvalue weighted by atomic mass is 9.87. The van der Waals surface area contributed by atoms with Crippen LogP contribution in [0.4, 0.5) is 0 Å². The topological polar surface area (TPSA) is 33.1 Å². The third-order valence-electron chi connectivity index (χ3n) is 3.99. The zero-order valence-corrected chi connectivity index (χ0v) is 12.0. The van der Waals surface area contributed by atoms with E-state index in [0.29, 0.717) is 0 Å². The minimum absolute atomic E-state index is 0.0625. The van der Waals surface area contributed by atoms with Crippen LogP contribution in [0.1, 0.15) is 39.1 Å². The molecule has 4 heteroatoms. The maximum absolute atomic E-state index is 4.53. The molecule has 0 bridgehead atoms. The number of hydrogen-bond acceptors (Lipinski definition) is 3. The number of nitrogens with one attached hydrogen (secondary N) is 1. The molecule has 4 nitrogen and oxygen atoms in total. The summed E-state index contributed by atoms with van der Waals surface area (Å²) in [7, 11) is 6.27. The monoisotopic (exact) mass is 238 g/mol. The molecule has 1 N–H and O–H groups in total. The maximum Gasteiger partial charge on any atom is 0.127 e. The van der Waals surface area contributed by atoms with Gasteiger partial charge in [0.15, 0.2) is 0 Å². The van der Waals surface area contributed by atoms with E-state index in [1.54, 1.807) is 0 Å². The van der Waals surface area contributed by atoms with Gasteiger partial charge in [0, 0.05) is 24.5 Å². The summed E-state index contributed by atoms with van der Waals surface area (Å²) in [5, 5.41) is 3.43. The Bertz CT molecular complexity index is 345. The molecule has 0 aromatic carbocycles. The van der Waals surface area contributed by atoms with Crippen LogP contribution < -0.4 is 5.32 Å². The van der Waals surface area contributed by atoms with E-state index in [2.05, 4.69) is 54.6 Å². The largest absolute Gasteiger partial charge is 0.334 e. The molecule has 0 saturated heterocycles. The molecule has 1 aromatic heterocycles. The van der Waals surface area contributed by atoms with Gasteiger partial charge in [-0.15, -0.1) is 0 Å². The number of imidazole rings is 1. The molecule has 0 aliphatic carbocycles. The van der Waals surface area contributed by atoms with Gasteiger partial charge in [0.2, 0.25) is 0 Å². The van der Waals surface area contributed by atoms with E-state index in [4.69, 9.17) is 0 Å². The highest BCUT2D eigenvalue weighted by Crippen LogP contribution is 2.31. The van der Waals surface area contributed by atoms with Crippen LogP contribution in [0.3, 0.4) is 0 Å². The third-order valence-corrected chi connectivity index (χ3v) is 3.99. The number of aromatic nitrogens is 2. The minimum atomic E-state index is 0.0625. The van der Waals surface area contributed by atoms with Crippen molar-refractivity contribution in [2.24, 2.45) is 0 Å². The molecule has 1 aromatic rings. The van der Waals surface area contributed by atoms with Crippen LogP contribution in [0.5, 0.6) is 0 Å². The Kier molecular flexibility index (Phi) is 4.71. The highest BCUT2D eigenvalue weighted by atomic mass is 15.2. The van der Waals surface area contributed by atoms with Gasteiger partial charge in [-0.25, -0.2) is 4.98 Å². The molecule has 0 fully saturated rings. The van der Waals surface area contributed by atoms with Crippen molar-refractivity contribution in [3.05, 3.63) is 18.2 Å². The summed E-state index contributed by atoms with van der Waals surface area (Å²) in [6, 6.07) is 0.234.